The first kappa shape index (κ1) is 6.18. The first-order valence-electron chi connectivity index (χ1n) is 2.50. The van der Waals surface area contributed by atoms with Crippen molar-refractivity contribution < 1.29 is 14.4 Å². The molecule has 0 atom stereocenters. The second kappa shape index (κ2) is 2.56. The Kier molecular flexibility index (Phi) is 1.76. The number of nitrogens with one attached hydrogen (secondary N) is 2. The molecule has 1 heterocycles. The molecule has 0 bridgehead atoms. The summed E-state index contributed by atoms with van der Waals surface area (Å²) in [5, 5.41) is 0. The van der Waals surface area contributed by atoms with Crippen LogP contribution in [0.4, 0.5) is 0 Å². The van der Waals surface area contributed by atoms with Crippen LogP contribution in [0.3, 0.4) is 0 Å². The van der Waals surface area contributed by atoms with Crippen molar-refractivity contribution in [3.63, 3.8) is 0 Å². The maximum atomic E-state index is 10.5. The topological polar surface area (TPSA) is 67.4 Å². The molecule has 5 nitrogen and oxygen atoms in total. The number of amides is 1. The van der Waals surface area contributed by atoms with Gasteiger partial charge in [0.1, 0.15) is 0 Å². The molecule has 1 saturated heterocycles. The van der Waals surface area contributed by atoms with Gasteiger partial charge in [-0.2, -0.15) is 0 Å². The number of hydrogen-bond acceptors (Lipinski definition) is 4. The Labute approximate surface area is 51.3 Å². The molecule has 5 heteroatoms. The molecular weight excluding hydrogens is 124 g/mol. The van der Waals surface area contributed by atoms with Gasteiger partial charge < -0.3 is 0 Å². The Bertz CT molecular complexity index is 129. The average molecular weight is 130 g/mol. The molecular formula is C4H6N2O3. The van der Waals surface area contributed by atoms with Crippen LogP contribution in [0.25, 0.3) is 0 Å². The molecule has 9 heavy (non-hydrogen) atoms. The Balaban J connectivity index is 2.51. The number of rotatable bonds is 0. The molecule has 1 aliphatic heterocycles. The van der Waals surface area contributed by atoms with Gasteiger partial charge in [-0.3, -0.25) is 19.9 Å². The van der Waals surface area contributed by atoms with E-state index in [0.29, 0.717) is 0 Å². The normalized spacial score (nSPS) is 20.9. The lowest BCUT2D eigenvalue weighted by Gasteiger charge is -1.96. The van der Waals surface area contributed by atoms with E-state index < -0.39 is 11.7 Å². The predicted molar refractivity (Wildman–Crippen MR) is 26.9 cm³/mol. The largest absolute Gasteiger partial charge is 0.303 e. The Morgan fingerprint density at radius 1 is 1.44 bits per heavy atom. The van der Waals surface area contributed by atoms with E-state index in [1.807, 2.05) is 5.43 Å². The Morgan fingerprint density at radius 2 is 2.22 bits per heavy atom. The third kappa shape index (κ3) is 1.48. The predicted octanol–water partition coefficient (Wildman–Crippen LogP) is -1.49. The van der Waals surface area contributed by atoms with E-state index in [0.717, 1.165) is 0 Å². The van der Waals surface area contributed by atoms with Crippen LogP contribution in [-0.4, -0.2) is 18.3 Å². The van der Waals surface area contributed by atoms with Crippen molar-refractivity contribution in [1.82, 2.24) is 11.0 Å². The van der Waals surface area contributed by atoms with Gasteiger partial charge in [0.2, 0.25) is 5.78 Å². The molecule has 1 rings (SSSR count). The van der Waals surface area contributed by atoms with E-state index in [1.54, 1.807) is 0 Å². The molecule has 1 amide bonds. The second-order valence-corrected chi connectivity index (χ2v) is 1.58. The summed E-state index contributed by atoms with van der Waals surface area (Å²) in [6.07, 6.45) is 0.138. The highest BCUT2D eigenvalue weighted by atomic mass is 16.7. The van der Waals surface area contributed by atoms with E-state index in [9.17, 15) is 9.59 Å². The first-order valence-corrected chi connectivity index (χ1v) is 2.50. The molecule has 1 aliphatic rings. The lowest BCUT2D eigenvalue weighted by Crippen LogP contribution is -2.37. The maximum Gasteiger partial charge on any atom is 0.303 e. The number of carbonyl (C=O) groups excluding carboxylic acids is 2. The van der Waals surface area contributed by atoms with Crippen LogP contribution in [-0.2, 0) is 14.4 Å². The van der Waals surface area contributed by atoms with Crippen molar-refractivity contribution in [3.05, 3.63) is 0 Å². The third-order valence-electron chi connectivity index (χ3n) is 0.921. The molecule has 0 aromatic heterocycles. The molecule has 2 N–H and O–H groups in total. The van der Waals surface area contributed by atoms with Gasteiger partial charge in [-0.25, -0.2) is 0 Å². The summed E-state index contributed by atoms with van der Waals surface area (Å²) in [7, 11) is 0. The van der Waals surface area contributed by atoms with E-state index >= 15 is 0 Å². The van der Waals surface area contributed by atoms with E-state index in [2.05, 4.69) is 10.4 Å². The lowest BCUT2D eigenvalue weighted by molar-refractivity contribution is -0.138. The minimum Gasteiger partial charge on any atom is -0.289 e. The highest BCUT2D eigenvalue weighted by molar-refractivity contribution is 6.36. The fraction of sp³-hybridized carbons (Fsp3) is 0.500. The lowest BCUT2D eigenvalue weighted by atomic mass is 10.3. The van der Waals surface area contributed by atoms with E-state index in [1.165, 1.54) is 0 Å². The summed E-state index contributed by atoms with van der Waals surface area (Å²) in [5.41, 5.74) is 4.14. The molecule has 0 saturated carbocycles. The van der Waals surface area contributed by atoms with Crippen molar-refractivity contribution in [2.24, 2.45) is 0 Å². The van der Waals surface area contributed by atoms with Gasteiger partial charge in [0.05, 0.1) is 6.61 Å². The molecule has 0 spiro atoms. The Hall–Kier alpha value is -0.940. The van der Waals surface area contributed by atoms with Gasteiger partial charge in [-0.1, -0.05) is 0 Å². The molecule has 0 aromatic carbocycles. The van der Waals surface area contributed by atoms with Crippen LogP contribution in [0.1, 0.15) is 6.42 Å². The fourth-order valence-corrected chi connectivity index (χ4v) is 0.460. The summed E-state index contributed by atoms with van der Waals surface area (Å²) in [5.74, 6) is -1.10. The molecule has 0 unspecified atom stereocenters. The zero-order chi connectivity index (χ0) is 6.69. The third-order valence-corrected chi connectivity index (χ3v) is 0.921. The van der Waals surface area contributed by atoms with Crippen LogP contribution in [0.2, 0.25) is 0 Å². The molecule has 50 valence electrons. The van der Waals surface area contributed by atoms with Crippen LogP contribution >= 0.6 is 0 Å². The van der Waals surface area contributed by atoms with E-state index in [-0.39, 0.29) is 13.0 Å². The average Bonchev–Trinajstić information content (AvgIpc) is 1.99. The SMILES string of the molecule is O=C1CCONNC1=O. The minimum atomic E-state index is -0.646. The molecule has 0 aromatic rings. The van der Waals surface area contributed by atoms with Gasteiger partial charge in [0.25, 0.3) is 0 Å². The summed E-state index contributed by atoms with van der Waals surface area (Å²) in [4.78, 5) is 25.4. The van der Waals surface area contributed by atoms with Crippen molar-refractivity contribution in [2.45, 2.75) is 6.42 Å². The van der Waals surface area contributed by atoms with Crippen LogP contribution in [0.5, 0.6) is 0 Å². The minimum absolute atomic E-state index is 0.138. The van der Waals surface area contributed by atoms with Crippen LogP contribution in [0, 0.1) is 0 Å². The monoisotopic (exact) mass is 130 g/mol. The van der Waals surface area contributed by atoms with Crippen LogP contribution < -0.4 is 11.0 Å². The zero-order valence-electron chi connectivity index (χ0n) is 4.64. The van der Waals surface area contributed by atoms with Gasteiger partial charge in [0.15, 0.2) is 0 Å². The summed E-state index contributed by atoms with van der Waals surface area (Å²) in [6.45, 7) is 0.234. The second-order valence-electron chi connectivity index (χ2n) is 1.58. The maximum absolute atomic E-state index is 10.5. The highest BCUT2D eigenvalue weighted by Crippen LogP contribution is 1.86. The standard InChI is InChI=1S/C4H6N2O3/c7-3-1-2-9-6-5-4(3)8/h6H,1-2H2,(H,5,8). The number of ketones is 1. The first-order chi connectivity index (χ1) is 4.30. The number of hydrazine groups is 1. The van der Waals surface area contributed by atoms with Gasteiger partial charge in [-0.05, 0) is 0 Å². The van der Waals surface area contributed by atoms with E-state index in [4.69, 9.17) is 0 Å². The van der Waals surface area contributed by atoms with Crippen molar-refractivity contribution in [1.29, 1.82) is 0 Å². The number of carbonyl (C=O) groups is 2. The van der Waals surface area contributed by atoms with Crippen molar-refractivity contribution in [3.8, 4) is 0 Å². The van der Waals surface area contributed by atoms with Gasteiger partial charge in [-0.15, -0.1) is 5.59 Å². The fourth-order valence-electron chi connectivity index (χ4n) is 0.460. The van der Waals surface area contributed by atoms with Gasteiger partial charge in [0, 0.05) is 6.42 Å². The van der Waals surface area contributed by atoms with Crippen molar-refractivity contribution in [2.75, 3.05) is 6.61 Å². The number of hydrogen-bond donors (Lipinski definition) is 2. The zero-order valence-corrected chi connectivity index (χ0v) is 4.64. The van der Waals surface area contributed by atoms with Crippen molar-refractivity contribution >= 4 is 11.7 Å². The summed E-state index contributed by atoms with van der Waals surface area (Å²) in [6, 6.07) is 0. The Morgan fingerprint density at radius 3 is 3.00 bits per heavy atom. The van der Waals surface area contributed by atoms with Gasteiger partial charge >= 0.3 is 5.91 Å². The quantitative estimate of drug-likeness (QED) is 0.392. The molecule has 0 radical (unpaired) electrons. The van der Waals surface area contributed by atoms with Crippen LogP contribution in [0.15, 0.2) is 0 Å². The smallest absolute Gasteiger partial charge is 0.289 e. The summed E-state index contributed by atoms with van der Waals surface area (Å²) < 4.78 is 0. The summed E-state index contributed by atoms with van der Waals surface area (Å²) >= 11 is 0. The number of Topliss-reactive ketones (excluding diaryl/α,β-unsaturated/α-hetero) is 1. The highest BCUT2D eigenvalue weighted by Gasteiger charge is 2.15. The molecule has 1 fully saturated rings. The molecule has 0 aliphatic carbocycles.